The minimum absolute atomic E-state index is 0.0393. The number of hydrogen-bond donors (Lipinski definition) is 2. The molecule has 1 unspecified atom stereocenters. The summed E-state index contributed by atoms with van der Waals surface area (Å²) in [7, 11) is -2.12. The summed E-state index contributed by atoms with van der Waals surface area (Å²) in [6.07, 6.45) is 2.48. The van der Waals surface area contributed by atoms with Gasteiger partial charge in [-0.15, -0.1) is 0 Å². The monoisotopic (exact) mass is 366 g/mol. The number of nitrogens with zero attached hydrogens (tertiary/aromatic N) is 2. The maximum atomic E-state index is 12.6. The number of halogens is 1. The van der Waals surface area contributed by atoms with Crippen LogP contribution in [0, 0.1) is 6.92 Å². The summed E-state index contributed by atoms with van der Waals surface area (Å²) < 4.78 is 29.3. The summed E-state index contributed by atoms with van der Waals surface area (Å²) in [5.74, 6) is 0. The second-order valence-corrected chi connectivity index (χ2v) is 7.92. The van der Waals surface area contributed by atoms with E-state index in [1.165, 1.54) is 4.68 Å². The van der Waals surface area contributed by atoms with Crippen molar-refractivity contribution in [3.05, 3.63) is 46.9 Å². The molecule has 0 saturated heterocycles. The lowest BCUT2D eigenvalue weighted by Gasteiger charge is -2.14. The Bertz CT molecular complexity index is 991. The van der Waals surface area contributed by atoms with E-state index in [1.54, 1.807) is 14.0 Å². The molecule has 2 aromatic heterocycles. The van der Waals surface area contributed by atoms with Crippen LogP contribution < -0.4 is 4.72 Å². The Morgan fingerprint density at radius 2 is 2.08 bits per heavy atom. The Morgan fingerprint density at radius 1 is 1.38 bits per heavy atom. The van der Waals surface area contributed by atoms with Crippen LogP contribution in [0.15, 0.2) is 35.4 Å². The molecule has 0 aliphatic carbocycles. The van der Waals surface area contributed by atoms with Crippen molar-refractivity contribution in [2.24, 2.45) is 7.05 Å². The van der Waals surface area contributed by atoms with Gasteiger partial charge < -0.3 is 4.98 Å². The zero-order valence-corrected chi connectivity index (χ0v) is 15.2. The van der Waals surface area contributed by atoms with Crippen LogP contribution in [0.25, 0.3) is 10.9 Å². The van der Waals surface area contributed by atoms with Crippen molar-refractivity contribution in [3.63, 3.8) is 0 Å². The summed E-state index contributed by atoms with van der Waals surface area (Å²) >= 11 is 6.08. The molecule has 1 aromatic carbocycles. The highest BCUT2D eigenvalue weighted by Crippen LogP contribution is 2.25. The van der Waals surface area contributed by atoms with Crippen molar-refractivity contribution < 1.29 is 8.42 Å². The molecule has 128 valence electrons. The minimum atomic E-state index is -3.73. The fourth-order valence-corrected chi connectivity index (χ4v) is 4.91. The fraction of sp³-hybridized carbons (Fsp3) is 0.312. The molecule has 24 heavy (non-hydrogen) atoms. The molecule has 2 N–H and O–H groups in total. The molecule has 1 atom stereocenters. The van der Waals surface area contributed by atoms with E-state index >= 15 is 0 Å². The van der Waals surface area contributed by atoms with Gasteiger partial charge in [0.2, 0.25) is 10.0 Å². The Hall–Kier alpha value is -1.83. The fourth-order valence-electron chi connectivity index (χ4n) is 2.91. The third kappa shape index (κ3) is 3.07. The molecule has 0 aliphatic rings. The van der Waals surface area contributed by atoms with E-state index in [0.717, 1.165) is 16.5 Å². The molecule has 0 aliphatic heterocycles. The number of aromatic nitrogens is 3. The molecule has 3 aromatic rings. The molecule has 0 saturated carbocycles. The van der Waals surface area contributed by atoms with E-state index in [0.29, 0.717) is 12.1 Å². The van der Waals surface area contributed by atoms with Gasteiger partial charge in [0.1, 0.15) is 10.0 Å². The summed E-state index contributed by atoms with van der Waals surface area (Å²) in [5, 5.41) is 5.27. The molecule has 0 bridgehead atoms. The van der Waals surface area contributed by atoms with Crippen LogP contribution in [0.3, 0.4) is 0 Å². The number of fused-ring (bicyclic) bond motifs is 1. The van der Waals surface area contributed by atoms with Crippen molar-refractivity contribution in [1.29, 1.82) is 0 Å². The maximum absolute atomic E-state index is 12.6. The lowest BCUT2D eigenvalue weighted by molar-refractivity contribution is 0.559. The van der Waals surface area contributed by atoms with Gasteiger partial charge in [-0.05, 0) is 31.9 Å². The topological polar surface area (TPSA) is 79.8 Å². The van der Waals surface area contributed by atoms with Gasteiger partial charge in [0.05, 0.1) is 5.69 Å². The molecular formula is C16H19ClN4O2S. The third-order valence-corrected chi connectivity index (χ3v) is 6.21. The maximum Gasteiger partial charge on any atom is 0.245 e. The largest absolute Gasteiger partial charge is 0.361 e. The Kier molecular flexibility index (Phi) is 4.42. The second-order valence-electron chi connectivity index (χ2n) is 5.91. The zero-order chi connectivity index (χ0) is 17.5. The summed E-state index contributed by atoms with van der Waals surface area (Å²) in [6.45, 7) is 3.46. The van der Waals surface area contributed by atoms with Gasteiger partial charge in [0, 0.05) is 30.2 Å². The van der Waals surface area contributed by atoms with Crippen LogP contribution in [0.4, 0.5) is 0 Å². The van der Waals surface area contributed by atoms with Gasteiger partial charge in [-0.1, -0.05) is 29.8 Å². The van der Waals surface area contributed by atoms with E-state index in [-0.39, 0.29) is 16.1 Å². The quantitative estimate of drug-likeness (QED) is 0.728. The standard InChI is InChI=1S/C16H19ClN4O2S/c1-10(8-12-9-18-14-7-5-4-6-13(12)14)20-24(22,23)15-11(2)19-21(3)16(15)17/h4-7,9-10,18,20H,8H2,1-3H3. The first-order valence-electron chi connectivity index (χ1n) is 7.56. The normalized spacial score (nSPS) is 13.5. The van der Waals surface area contributed by atoms with Crippen molar-refractivity contribution in [1.82, 2.24) is 19.5 Å². The lowest BCUT2D eigenvalue weighted by atomic mass is 10.1. The predicted octanol–water partition coefficient (Wildman–Crippen LogP) is 2.77. The zero-order valence-electron chi connectivity index (χ0n) is 13.7. The van der Waals surface area contributed by atoms with Crippen LogP contribution >= 0.6 is 11.6 Å². The Balaban J connectivity index is 1.82. The number of aromatic amines is 1. The Labute approximate surface area is 145 Å². The van der Waals surface area contributed by atoms with Crippen LogP contribution in [0.2, 0.25) is 5.15 Å². The minimum Gasteiger partial charge on any atom is -0.361 e. The number of para-hydroxylation sites is 1. The van der Waals surface area contributed by atoms with Crippen LogP contribution in [-0.4, -0.2) is 29.2 Å². The number of H-pyrrole nitrogens is 1. The van der Waals surface area contributed by atoms with E-state index < -0.39 is 10.0 Å². The van der Waals surface area contributed by atoms with Gasteiger partial charge in [-0.2, -0.15) is 5.10 Å². The van der Waals surface area contributed by atoms with Crippen LogP contribution in [0.1, 0.15) is 18.2 Å². The smallest absolute Gasteiger partial charge is 0.245 e. The predicted molar refractivity (Wildman–Crippen MR) is 94.7 cm³/mol. The van der Waals surface area contributed by atoms with E-state index in [1.807, 2.05) is 37.4 Å². The number of hydrogen-bond acceptors (Lipinski definition) is 3. The molecule has 0 amide bonds. The number of rotatable bonds is 5. The highest BCUT2D eigenvalue weighted by molar-refractivity contribution is 7.89. The molecule has 0 radical (unpaired) electrons. The number of sulfonamides is 1. The first kappa shape index (κ1) is 17.0. The number of aryl methyl sites for hydroxylation is 2. The van der Waals surface area contributed by atoms with Crippen molar-refractivity contribution in [2.45, 2.75) is 31.2 Å². The lowest BCUT2D eigenvalue weighted by Crippen LogP contribution is -2.34. The van der Waals surface area contributed by atoms with Gasteiger partial charge in [0.15, 0.2) is 0 Å². The average Bonchev–Trinajstić information content (AvgIpc) is 3.00. The van der Waals surface area contributed by atoms with E-state index in [2.05, 4.69) is 14.8 Å². The van der Waals surface area contributed by atoms with Gasteiger partial charge in [-0.3, -0.25) is 4.68 Å². The number of nitrogens with one attached hydrogen (secondary N) is 2. The van der Waals surface area contributed by atoms with Crippen molar-refractivity contribution >= 4 is 32.5 Å². The van der Waals surface area contributed by atoms with Gasteiger partial charge in [0.25, 0.3) is 0 Å². The SMILES string of the molecule is Cc1nn(C)c(Cl)c1S(=O)(=O)NC(C)Cc1c[nH]c2ccccc12. The first-order chi connectivity index (χ1) is 11.3. The highest BCUT2D eigenvalue weighted by Gasteiger charge is 2.26. The molecule has 6 nitrogen and oxygen atoms in total. The molecule has 2 heterocycles. The molecular weight excluding hydrogens is 348 g/mol. The van der Waals surface area contributed by atoms with Crippen molar-refractivity contribution in [2.75, 3.05) is 0 Å². The average molecular weight is 367 g/mol. The first-order valence-corrected chi connectivity index (χ1v) is 9.42. The molecule has 3 rings (SSSR count). The second kappa shape index (κ2) is 6.23. The van der Waals surface area contributed by atoms with Gasteiger partial charge >= 0.3 is 0 Å². The van der Waals surface area contributed by atoms with Gasteiger partial charge in [-0.25, -0.2) is 13.1 Å². The highest BCUT2D eigenvalue weighted by atomic mass is 35.5. The van der Waals surface area contributed by atoms with Crippen LogP contribution in [0.5, 0.6) is 0 Å². The van der Waals surface area contributed by atoms with E-state index in [9.17, 15) is 8.42 Å². The number of benzene rings is 1. The third-order valence-electron chi connectivity index (χ3n) is 3.93. The van der Waals surface area contributed by atoms with Crippen molar-refractivity contribution in [3.8, 4) is 0 Å². The molecule has 0 fully saturated rings. The summed E-state index contributed by atoms with van der Waals surface area (Å²) in [5.41, 5.74) is 2.48. The Morgan fingerprint density at radius 3 is 2.75 bits per heavy atom. The summed E-state index contributed by atoms with van der Waals surface area (Å²) in [4.78, 5) is 3.24. The van der Waals surface area contributed by atoms with Crippen LogP contribution in [-0.2, 0) is 23.5 Å². The molecule has 8 heteroatoms. The van der Waals surface area contributed by atoms with E-state index in [4.69, 9.17) is 11.6 Å². The molecule has 0 spiro atoms. The summed E-state index contributed by atoms with van der Waals surface area (Å²) in [6, 6.07) is 7.65.